The number of ketones is 1. The van der Waals surface area contributed by atoms with E-state index in [9.17, 15) is 23.2 Å². The molecule has 0 saturated heterocycles. The molecule has 0 aliphatic heterocycles. The predicted octanol–water partition coefficient (Wildman–Crippen LogP) is 5.49. The minimum Gasteiger partial charge on any atom is -0.496 e. The van der Waals surface area contributed by atoms with Crippen molar-refractivity contribution in [2.75, 3.05) is 7.11 Å². The zero-order valence-electron chi connectivity index (χ0n) is 18.4. The average molecular weight is 469 g/mol. The molecule has 0 radical (unpaired) electrons. The van der Waals surface area contributed by atoms with Crippen LogP contribution in [0.15, 0.2) is 36.7 Å². The molecule has 2 aliphatic rings. The third-order valence-electron chi connectivity index (χ3n) is 6.87. The summed E-state index contributed by atoms with van der Waals surface area (Å²) in [5.41, 5.74) is 2.05. The van der Waals surface area contributed by atoms with E-state index in [0.29, 0.717) is 16.6 Å². The molecule has 5 rings (SSSR count). The normalized spacial score (nSPS) is 20.6. The number of benzene rings is 1. The van der Waals surface area contributed by atoms with Gasteiger partial charge in [-0.05, 0) is 55.0 Å². The SMILES string of the molecule is COc1cc(-c2cnn3cc(C4(C#N)CCC4)ccc23)cc(OC(F)F)c1C(=O)C[C@@H]1C[C@@H]1F. The van der Waals surface area contributed by atoms with E-state index in [2.05, 4.69) is 11.2 Å². The zero-order valence-corrected chi connectivity index (χ0v) is 18.4. The molecule has 0 spiro atoms. The first kappa shape index (κ1) is 22.3. The van der Waals surface area contributed by atoms with Crippen molar-refractivity contribution in [2.24, 2.45) is 5.92 Å². The first-order valence-electron chi connectivity index (χ1n) is 11.1. The molecular weight excluding hydrogens is 447 g/mol. The van der Waals surface area contributed by atoms with Gasteiger partial charge in [-0.2, -0.15) is 19.1 Å². The lowest BCUT2D eigenvalue weighted by Gasteiger charge is -2.35. The molecule has 2 aliphatic carbocycles. The number of nitriles is 1. The van der Waals surface area contributed by atoms with Crippen molar-refractivity contribution >= 4 is 11.3 Å². The fraction of sp³-hybridized carbons (Fsp3) is 0.400. The number of hydrogen-bond donors (Lipinski definition) is 0. The van der Waals surface area contributed by atoms with Gasteiger partial charge in [0.2, 0.25) is 0 Å². The highest BCUT2D eigenvalue weighted by Crippen LogP contribution is 2.44. The van der Waals surface area contributed by atoms with E-state index < -0.39 is 29.9 Å². The first-order valence-corrected chi connectivity index (χ1v) is 11.1. The number of rotatable bonds is 8. The van der Waals surface area contributed by atoms with E-state index in [-0.39, 0.29) is 29.9 Å². The van der Waals surface area contributed by atoms with Crippen LogP contribution in [-0.2, 0) is 5.41 Å². The number of pyridine rings is 1. The van der Waals surface area contributed by atoms with Crippen LogP contribution in [0.1, 0.15) is 48.0 Å². The predicted molar refractivity (Wildman–Crippen MR) is 117 cm³/mol. The largest absolute Gasteiger partial charge is 0.496 e. The number of fused-ring (bicyclic) bond motifs is 1. The summed E-state index contributed by atoms with van der Waals surface area (Å²) >= 11 is 0. The maximum atomic E-state index is 13.3. The molecule has 2 heterocycles. The number of nitrogens with zero attached hydrogens (tertiary/aromatic N) is 3. The Balaban J connectivity index is 1.57. The smallest absolute Gasteiger partial charge is 0.387 e. The van der Waals surface area contributed by atoms with Crippen LogP contribution in [0.3, 0.4) is 0 Å². The Bertz CT molecular complexity index is 1310. The number of carbonyl (C=O) groups excluding carboxylic acids is 1. The summed E-state index contributed by atoms with van der Waals surface area (Å²) < 4.78 is 51.5. The Morgan fingerprint density at radius 3 is 2.65 bits per heavy atom. The van der Waals surface area contributed by atoms with E-state index in [0.717, 1.165) is 24.8 Å². The van der Waals surface area contributed by atoms with E-state index >= 15 is 0 Å². The Kier molecular flexibility index (Phi) is 5.47. The van der Waals surface area contributed by atoms with Gasteiger partial charge in [0.05, 0.1) is 30.3 Å². The van der Waals surface area contributed by atoms with Crippen molar-refractivity contribution in [3.63, 3.8) is 0 Å². The van der Waals surface area contributed by atoms with Crippen molar-refractivity contribution in [1.29, 1.82) is 5.26 Å². The van der Waals surface area contributed by atoms with Gasteiger partial charge < -0.3 is 9.47 Å². The standard InChI is InChI=1S/C25H22F3N3O3/c1-33-21-9-14(10-22(34-24(27)28)23(21)20(32)8-15-7-18(15)26)17-11-30-31-12-16(3-4-19(17)31)25(13-29)5-2-6-25/h3-4,9-12,15,18,24H,2,5-8H2,1H3/t15-,18-/m0/s1. The molecule has 0 unspecified atom stereocenters. The van der Waals surface area contributed by atoms with Crippen LogP contribution in [0.25, 0.3) is 16.6 Å². The molecule has 2 aromatic heterocycles. The topological polar surface area (TPSA) is 76.6 Å². The number of ether oxygens (including phenoxy) is 2. The van der Waals surface area contributed by atoms with Crippen LogP contribution in [0.4, 0.5) is 13.2 Å². The number of alkyl halides is 3. The lowest BCUT2D eigenvalue weighted by molar-refractivity contribution is -0.0502. The Labute approximate surface area is 193 Å². The summed E-state index contributed by atoms with van der Waals surface area (Å²) in [5, 5.41) is 14.0. The number of Topliss-reactive ketones (excluding diaryl/α,β-unsaturated/α-hetero) is 1. The maximum Gasteiger partial charge on any atom is 0.387 e. The van der Waals surface area contributed by atoms with Crippen LogP contribution in [-0.4, -0.2) is 35.3 Å². The number of hydrogen-bond acceptors (Lipinski definition) is 5. The molecule has 3 aromatic rings. The van der Waals surface area contributed by atoms with E-state index in [4.69, 9.17) is 9.47 Å². The van der Waals surface area contributed by atoms with E-state index in [1.807, 2.05) is 18.3 Å². The van der Waals surface area contributed by atoms with Gasteiger partial charge in [0, 0.05) is 24.1 Å². The van der Waals surface area contributed by atoms with Crippen molar-refractivity contribution in [1.82, 2.24) is 9.61 Å². The third kappa shape index (κ3) is 3.77. The van der Waals surface area contributed by atoms with Gasteiger partial charge in [-0.1, -0.05) is 6.07 Å². The number of halogens is 3. The van der Waals surface area contributed by atoms with Crippen molar-refractivity contribution in [3.8, 4) is 28.7 Å². The molecule has 0 amide bonds. The lowest BCUT2D eigenvalue weighted by atomic mass is 9.66. The van der Waals surface area contributed by atoms with Gasteiger partial charge in [0.15, 0.2) is 5.78 Å². The fourth-order valence-electron chi connectivity index (χ4n) is 4.62. The van der Waals surface area contributed by atoms with E-state index in [1.54, 1.807) is 16.8 Å². The van der Waals surface area contributed by atoms with Crippen LogP contribution in [0, 0.1) is 17.2 Å². The zero-order chi connectivity index (χ0) is 24.0. The molecule has 176 valence electrons. The molecule has 1 aromatic carbocycles. The van der Waals surface area contributed by atoms with Gasteiger partial charge in [-0.25, -0.2) is 8.91 Å². The molecule has 9 heteroatoms. The minimum atomic E-state index is -3.16. The highest BCUT2D eigenvalue weighted by atomic mass is 19.3. The summed E-state index contributed by atoms with van der Waals surface area (Å²) in [5.74, 6) is -1.16. The highest BCUT2D eigenvalue weighted by Gasteiger charge is 2.40. The Morgan fingerprint density at radius 1 is 1.32 bits per heavy atom. The first-order chi connectivity index (χ1) is 16.3. The average Bonchev–Trinajstić information content (AvgIpc) is 3.29. The lowest BCUT2D eigenvalue weighted by Crippen LogP contribution is -2.32. The van der Waals surface area contributed by atoms with Crippen LogP contribution in [0.5, 0.6) is 11.5 Å². The molecule has 6 nitrogen and oxygen atoms in total. The number of aromatic nitrogens is 2. The summed E-state index contributed by atoms with van der Waals surface area (Å²) in [6, 6.07) is 9.06. The molecule has 2 atom stereocenters. The van der Waals surface area contributed by atoms with Gasteiger partial charge in [0.1, 0.15) is 23.2 Å². The van der Waals surface area contributed by atoms with Crippen LogP contribution in [0.2, 0.25) is 0 Å². The molecule has 0 bridgehead atoms. The van der Waals surface area contributed by atoms with Crippen LogP contribution < -0.4 is 9.47 Å². The minimum absolute atomic E-state index is 0.0723. The number of carbonyl (C=O) groups is 1. The highest BCUT2D eigenvalue weighted by molar-refractivity contribution is 6.03. The van der Waals surface area contributed by atoms with Crippen molar-refractivity contribution < 1.29 is 27.4 Å². The monoisotopic (exact) mass is 469 g/mol. The molecule has 2 fully saturated rings. The van der Waals surface area contributed by atoms with Gasteiger partial charge in [-0.3, -0.25) is 4.79 Å². The summed E-state index contributed by atoms with van der Waals surface area (Å²) in [7, 11) is 1.33. The molecule has 2 saturated carbocycles. The quantitative estimate of drug-likeness (QED) is 0.408. The van der Waals surface area contributed by atoms with Gasteiger partial charge >= 0.3 is 6.61 Å². The second-order valence-corrected chi connectivity index (χ2v) is 8.92. The third-order valence-corrected chi connectivity index (χ3v) is 6.87. The molecule has 0 N–H and O–H groups in total. The summed E-state index contributed by atoms with van der Waals surface area (Å²) in [6.45, 7) is -3.16. The second kappa shape index (κ2) is 8.35. The van der Waals surface area contributed by atoms with Gasteiger partial charge in [0.25, 0.3) is 0 Å². The van der Waals surface area contributed by atoms with Gasteiger partial charge in [-0.15, -0.1) is 0 Å². The van der Waals surface area contributed by atoms with E-state index in [1.165, 1.54) is 13.2 Å². The molecule has 34 heavy (non-hydrogen) atoms. The Hall–Kier alpha value is -3.54. The van der Waals surface area contributed by atoms with Crippen molar-refractivity contribution in [3.05, 3.63) is 47.8 Å². The van der Waals surface area contributed by atoms with Crippen molar-refractivity contribution in [2.45, 2.75) is 50.3 Å². The molecular formula is C25H22F3N3O3. The summed E-state index contributed by atoms with van der Waals surface area (Å²) in [4.78, 5) is 12.8. The maximum absolute atomic E-state index is 13.3. The number of methoxy groups -OCH3 is 1. The second-order valence-electron chi connectivity index (χ2n) is 8.92. The summed E-state index contributed by atoms with van der Waals surface area (Å²) in [6.07, 6.45) is 5.14. The van der Waals surface area contributed by atoms with Crippen LogP contribution >= 0.6 is 0 Å². The Morgan fingerprint density at radius 2 is 2.06 bits per heavy atom. The fourth-order valence-corrected chi connectivity index (χ4v) is 4.62.